The van der Waals surface area contributed by atoms with Gasteiger partial charge in [-0.15, -0.1) is 0 Å². The van der Waals surface area contributed by atoms with Gasteiger partial charge in [0.2, 0.25) is 5.91 Å². The summed E-state index contributed by atoms with van der Waals surface area (Å²) in [5.41, 5.74) is 7.07. The standard InChI is InChI=1S/C35H32ClN3O2/c1-38(2)28-18-14-25(15-19-28)35-34-30(21-26(22-32(34)40)24-12-16-27(36)17-13-24)37-29-10-6-7-11-31(29)39(35)33(41)20-23-8-4-3-5-9-23/h3-19,26,35,37H,20-22H2,1-2H3. The smallest absolute Gasteiger partial charge is 0.232 e. The average Bonchev–Trinajstić information content (AvgIpc) is 3.13. The number of amides is 1. The van der Waals surface area contributed by atoms with E-state index in [2.05, 4.69) is 5.32 Å². The first kappa shape index (κ1) is 26.9. The van der Waals surface area contributed by atoms with E-state index in [0.717, 1.165) is 39.4 Å². The van der Waals surface area contributed by atoms with Crippen LogP contribution >= 0.6 is 11.6 Å². The maximum absolute atomic E-state index is 14.3. The van der Waals surface area contributed by atoms with Crippen molar-refractivity contribution in [3.8, 4) is 0 Å². The number of rotatable bonds is 5. The Kier molecular flexibility index (Phi) is 7.38. The van der Waals surface area contributed by atoms with Crippen molar-refractivity contribution in [3.05, 3.63) is 136 Å². The quantitative estimate of drug-likeness (QED) is 0.273. The number of ketones is 1. The molecule has 1 N–H and O–H groups in total. The lowest BCUT2D eigenvalue weighted by Crippen LogP contribution is -2.39. The van der Waals surface area contributed by atoms with Crippen molar-refractivity contribution in [2.75, 3.05) is 29.2 Å². The Morgan fingerprint density at radius 1 is 0.854 bits per heavy atom. The summed E-state index contributed by atoms with van der Waals surface area (Å²) >= 11 is 6.16. The molecule has 0 spiro atoms. The molecule has 2 aliphatic rings. The molecule has 0 bridgehead atoms. The number of carbonyl (C=O) groups excluding carboxylic acids is 2. The predicted octanol–water partition coefficient (Wildman–Crippen LogP) is 7.55. The molecule has 0 radical (unpaired) electrons. The minimum Gasteiger partial charge on any atom is -0.378 e. The number of Topliss-reactive ketones (excluding diaryl/α,β-unsaturated/α-hetero) is 1. The van der Waals surface area contributed by atoms with Gasteiger partial charge in [0, 0.05) is 42.5 Å². The van der Waals surface area contributed by atoms with Crippen molar-refractivity contribution < 1.29 is 9.59 Å². The van der Waals surface area contributed by atoms with Gasteiger partial charge in [-0.3, -0.25) is 14.5 Å². The summed E-state index contributed by atoms with van der Waals surface area (Å²) in [5, 5.41) is 4.28. The van der Waals surface area contributed by atoms with Crippen molar-refractivity contribution in [1.29, 1.82) is 0 Å². The number of para-hydroxylation sites is 2. The Morgan fingerprint density at radius 3 is 2.22 bits per heavy atom. The second-order valence-electron chi connectivity index (χ2n) is 10.9. The fraction of sp³-hybridized carbons (Fsp3) is 0.200. The molecule has 1 heterocycles. The Bertz CT molecular complexity index is 1610. The highest BCUT2D eigenvalue weighted by molar-refractivity contribution is 6.30. The largest absolute Gasteiger partial charge is 0.378 e. The van der Waals surface area contributed by atoms with Crippen LogP contribution in [0.2, 0.25) is 5.02 Å². The first-order valence-corrected chi connectivity index (χ1v) is 14.3. The number of nitrogens with one attached hydrogen (secondary N) is 1. The number of halogens is 1. The number of carbonyl (C=O) groups is 2. The lowest BCUT2D eigenvalue weighted by Gasteiger charge is -2.35. The van der Waals surface area contributed by atoms with Crippen LogP contribution in [0.15, 0.2) is 114 Å². The molecule has 206 valence electrons. The molecule has 6 heteroatoms. The normalized spacial score (nSPS) is 18.2. The van der Waals surface area contributed by atoms with E-state index in [1.807, 2.05) is 127 Å². The van der Waals surface area contributed by atoms with Gasteiger partial charge in [0.05, 0.1) is 23.8 Å². The van der Waals surface area contributed by atoms with E-state index in [0.29, 0.717) is 23.4 Å². The van der Waals surface area contributed by atoms with Crippen LogP contribution in [0.1, 0.15) is 41.5 Å². The molecule has 4 aromatic carbocycles. The zero-order chi connectivity index (χ0) is 28.5. The van der Waals surface area contributed by atoms with Gasteiger partial charge in [-0.05, 0) is 65.4 Å². The molecule has 0 aromatic heterocycles. The number of fused-ring (bicyclic) bond motifs is 1. The summed E-state index contributed by atoms with van der Waals surface area (Å²) in [7, 11) is 4.00. The van der Waals surface area contributed by atoms with Crippen LogP contribution in [0.5, 0.6) is 0 Å². The summed E-state index contributed by atoms with van der Waals surface area (Å²) in [6, 6.07) is 33.0. The minimum absolute atomic E-state index is 0.0153. The van der Waals surface area contributed by atoms with Crippen LogP contribution in [0.25, 0.3) is 0 Å². The number of nitrogens with zero attached hydrogens (tertiary/aromatic N) is 2. The van der Waals surface area contributed by atoms with Crippen molar-refractivity contribution >= 4 is 40.4 Å². The van der Waals surface area contributed by atoms with Gasteiger partial charge in [-0.2, -0.15) is 0 Å². The molecular formula is C35H32ClN3O2. The Morgan fingerprint density at radius 2 is 1.51 bits per heavy atom. The average molecular weight is 562 g/mol. The van der Waals surface area contributed by atoms with E-state index in [1.165, 1.54) is 0 Å². The van der Waals surface area contributed by atoms with Gasteiger partial charge in [-0.1, -0.05) is 78.3 Å². The topological polar surface area (TPSA) is 52.7 Å². The molecule has 6 rings (SSSR count). The zero-order valence-corrected chi connectivity index (χ0v) is 23.9. The van der Waals surface area contributed by atoms with Gasteiger partial charge < -0.3 is 10.2 Å². The first-order valence-electron chi connectivity index (χ1n) is 13.9. The van der Waals surface area contributed by atoms with Crippen LogP contribution in [-0.4, -0.2) is 25.8 Å². The molecule has 1 aliphatic carbocycles. The SMILES string of the molecule is CN(C)c1ccc(C2C3=C(CC(c4ccc(Cl)cc4)CC3=O)Nc3ccccc3N2C(=O)Cc2ccccc2)cc1. The van der Waals surface area contributed by atoms with E-state index < -0.39 is 6.04 Å². The first-order chi connectivity index (χ1) is 19.9. The van der Waals surface area contributed by atoms with Crippen molar-refractivity contribution in [1.82, 2.24) is 0 Å². The van der Waals surface area contributed by atoms with Gasteiger partial charge in [0.15, 0.2) is 5.78 Å². The molecule has 41 heavy (non-hydrogen) atoms. The monoisotopic (exact) mass is 561 g/mol. The number of hydrogen-bond acceptors (Lipinski definition) is 4. The van der Waals surface area contributed by atoms with Crippen molar-refractivity contribution in [2.24, 2.45) is 0 Å². The van der Waals surface area contributed by atoms with Gasteiger partial charge >= 0.3 is 0 Å². The maximum Gasteiger partial charge on any atom is 0.232 e. The molecule has 0 saturated carbocycles. The molecule has 0 saturated heterocycles. The van der Waals surface area contributed by atoms with E-state index in [9.17, 15) is 9.59 Å². The second kappa shape index (κ2) is 11.3. The minimum atomic E-state index is -0.563. The third-order valence-electron chi connectivity index (χ3n) is 8.02. The molecule has 5 nitrogen and oxygen atoms in total. The highest BCUT2D eigenvalue weighted by atomic mass is 35.5. The fourth-order valence-corrected chi connectivity index (χ4v) is 6.09. The van der Waals surface area contributed by atoms with Crippen molar-refractivity contribution in [3.63, 3.8) is 0 Å². The highest BCUT2D eigenvalue weighted by Gasteiger charge is 2.41. The molecule has 2 atom stereocenters. The lowest BCUT2D eigenvalue weighted by molar-refractivity contribution is -0.118. The molecule has 1 aliphatic heterocycles. The van der Waals surface area contributed by atoms with Gasteiger partial charge in [0.1, 0.15) is 0 Å². The summed E-state index contributed by atoms with van der Waals surface area (Å²) in [5.74, 6) is 0.000676. The van der Waals surface area contributed by atoms with Crippen molar-refractivity contribution in [2.45, 2.75) is 31.2 Å². The number of anilines is 3. The third-order valence-corrected chi connectivity index (χ3v) is 8.27. The lowest BCUT2D eigenvalue weighted by atomic mass is 9.78. The fourth-order valence-electron chi connectivity index (χ4n) is 5.96. The van der Waals surface area contributed by atoms with Crippen LogP contribution in [0, 0.1) is 0 Å². The van der Waals surface area contributed by atoms with Crippen LogP contribution < -0.4 is 15.1 Å². The Hall–Kier alpha value is -4.35. The number of allylic oxidation sites excluding steroid dienone is 1. The zero-order valence-electron chi connectivity index (χ0n) is 23.2. The predicted molar refractivity (Wildman–Crippen MR) is 167 cm³/mol. The second-order valence-corrected chi connectivity index (χ2v) is 11.4. The van der Waals surface area contributed by atoms with Gasteiger partial charge in [0.25, 0.3) is 0 Å². The van der Waals surface area contributed by atoms with E-state index in [4.69, 9.17) is 11.6 Å². The molecule has 4 aromatic rings. The summed E-state index contributed by atoms with van der Waals surface area (Å²) in [4.78, 5) is 32.4. The van der Waals surface area contributed by atoms with Crippen LogP contribution in [0.3, 0.4) is 0 Å². The molecular weight excluding hydrogens is 530 g/mol. The Labute approximate surface area is 246 Å². The van der Waals surface area contributed by atoms with E-state index in [-0.39, 0.29) is 24.0 Å². The number of hydrogen-bond donors (Lipinski definition) is 1. The van der Waals surface area contributed by atoms with Crippen LogP contribution in [0.4, 0.5) is 17.1 Å². The maximum atomic E-state index is 14.3. The summed E-state index contributed by atoms with van der Waals surface area (Å²) in [6.45, 7) is 0. The van der Waals surface area contributed by atoms with E-state index >= 15 is 0 Å². The molecule has 0 fully saturated rings. The number of benzene rings is 4. The van der Waals surface area contributed by atoms with Crippen LogP contribution in [-0.2, 0) is 16.0 Å². The highest BCUT2D eigenvalue weighted by Crippen LogP contribution is 2.47. The molecule has 2 unspecified atom stereocenters. The van der Waals surface area contributed by atoms with E-state index in [1.54, 1.807) is 0 Å². The third kappa shape index (κ3) is 5.38. The molecule has 1 amide bonds. The summed E-state index contributed by atoms with van der Waals surface area (Å²) in [6.07, 6.45) is 1.25. The summed E-state index contributed by atoms with van der Waals surface area (Å²) < 4.78 is 0. The van der Waals surface area contributed by atoms with Gasteiger partial charge in [-0.25, -0.2) is 0 Å². The Balaban J connectivity index is 1.51.